The minimum atomic E-state index is -0.391. The summed E-state index contributed by atoms with van der Waals surface area (Å²) < 4.78 is 0.823. The molecule has 0 saturated heterocycles. The number of halogens is 1. The highest BCUT2D eigenvalue weighted by Crippen LogP contribution is 2.15. The second-order valence-electron chi connectivity index (χ2n) is 7.30. The number of hydrogen-bond acceptors (Lipinski definition) is 4. The molecule has 0 fully saturated rings. The van der Waals surface area contributed by atoms with E-state index >= 15 is 0 Å². The van der Waals surface area contributed by atoms with Crippen LogP contribution < -0.4 is 27.1 Å². The highest BCUT2D eigenvalue weighted by molar-refractivity contribution is 9.10. The van der Waals surface area contributed by atoms with E-state index in [1.165, 1.54) is 0 Å². The van der Waals surface area contributed by atoms with Gasteiger partial charge in [-0.25, -0.2) is 0 Å². The van der Waals surface area contributed by atoms with Crippen LogP contribution in [0.4, 0.5) is 0 Å². The maximum atomic E-state index is 12.5. The molecule has 3 N–H and O–H groups in total. The lowest BCUT2D eigenvalue weighted by Crippen LogP contribution is -2.46. The van der Waals surface area contributed by atoms with Crippen molar-refractivity contribution in [3.05, 3.63) is 101 Å². The Labute approximate surface area is 187 Å². The van der Waals surface area contributed by atoms with Crippen LogP contribution in [0.2, 0.25) is 0 Å². The van der Waals surface area contributed by atoms with Crippen LogP contribution in [-0.2, 0) is 11.3 Å². The van der Waals surface area contributed by atoms with E-state index < -0.39 is 5.56 Å². The zero-order valence-corrected chi connectivity index (χ0v) is 18.8. The van der Waals surface area contributed by atoms with E-state index in [0.29, 0.717) is 13.1 Å². The van der Waals surface area contributed by atoms with Crippen LogP contribution in [0.3, 0.4) is 0 Å². The van der Waals surface area contributed by atoms with Gasteiger partial charge in [-0.2, -0.15) is 0 Å². The van der Waals surface area contributed by atoms with Crippen LogP contribution in [0.15, 0.2) is 62.6 Å². The summed E-state index contributed by atoms with van der Waals surface area (Å²) in [7, 11) is 3.67. The topological polar surface area (TPSA) is 98.1 Å². The number of carbonyl (C=O) groups excluding carboxylic acids is 1. The molecular formula is C23H23BrN4O3. The third-order valence-corrected chi connectivity index (χ3v) is 5.15. The van der Waals surface area contributed by atoms with Gasteiger partial charge in [0.1, 0.15) is 10.7 Å². The number of benzene rings is 2. The van der Waals surface area contributed by atoms with Gasteiger partial charge >= 0.3 is 0 Å². The van der Waals surface area contributed by atoms with Crippen molar-refractivity contribution in [2.75, 3.05) is 20.6 Å². The van der Waals surface area contributed by atoms with Crippen molar-refractivity contribution in [2.24, 2.45) is 0 Å². The highest BCUT2D eigenvalue weighted by Gasteiger charge is 2.03. The molecule has 7 nitrogen and oxygen atoms in total. The maximum Gasteiger partial charge on any atom is 0.272 e. The monoisotopic (exact) mass is 482 g/mol. The van der Waals surface area contributed by atoms with Gasteiger partial charge in [-0.05, 0) is 49.0 Å². The molecule has 0 spiro atoms. The molecule has 0 aliphatic carbocycles. The Hall–Kier alpha value is -3.23. The molecule has 2 aromatic carbocycles. The van der Waals surface area contributed by atoms with E-state index in [2.05, 4.69) is 31.2 Å². The zero-order valence-electron chi connectivity index (χ0n) is 17.2. The Morgan fingerprint density at radius 3 is 2.19 bits per heavy atom. The van der Waals surface area contributed by atoms with E-state index in [1.807, 2.05) is 62.6 Å². The van der Waals surface area contributed by atoms with Gasteiger partial charge in [-0.1, -0.05) is 58.4 Å². The number of nitrogens with zero attached hydrogens (tertiary/aromatic N) is 1. The normalized spacial score (nSPS) is 12.4. The zero-order chi connectivity index (χ0) is 22.4. The number of aromatic amines is 2. The smallest absolute Gasteiger partial charge is 0.272 e. The third-order valence-electron chi connectivity index (χ3n) is 4.43. The van der Waals surface area contributed by atoms with Crippen molar-refractivity contribution in [3.63, 3.8) is 0 Å². The number of aromatic nitrogens is 2. The van der Waals surface area contributed by atoms with Crippen LogP contribution >= 0.6 is 15.9 Å². The van der Waals surface area contributed by atoms with Crippen molar-refractivity contribution in [1.29, 1.82) is 0 Å². The van der Waals surface area contributed by atoms with E-state index in [-0.39, 0.29) is 22.2 Å². The summed E-state index contributed by atoms with van der Waals surface area (Å²) in [5.41, 5.74) is 1.70. The lowest BCUT2D eigenvalue weighted by atomic mass is 10.1. The van der Waals surface area contributed by atoms with Gasteiger partial charge in [0.15, 0.2) is 0 Å². The van der Waals surface area contributed by atoms with Gasteiger partial charge in [0.05, 0.1) is 6.54 Å². The average molecular weight is 483 g/mol. The molecule has 1 aromatic heterocycles. The number of rotatable bonds is 6. The first kappa shape index (κ1) is 22.5. The van der Waals surface area contributed by atoms with Gasteiger partial charge in [-0.15, -0.1) is 0 Å². The minimum Gasteiger partial charge on any atom is -0.351 e. The first-order chi connectivity index (χ1) is 14.8. The first-order valence-corrected chi connectivity index (χ1v) is 10.4. The Balaban J connectivity index is 1.82. The molecule has 1 amide bonds. The number of likely N-dealkylation sites (N-methyl/N-ethyl adjacent to an activating group) is 1. The fourth-order valence-electron chi connectivity index (χ4n) is 2.89. The van der Waals surface area contributed by atoms with E-state index in [9.17, 15) is 14.4 Å². The Morgan fingerprint density at radius 1 is 0.968 bits per heavy atom. The second-order valence-corrected chi connectivity index (χ2v) is 8.16. The molecule has 0 atom stereocenters. The quantitative estimate of drug-likeness (QED) is 0.480. The predicted molar refractivity (Wildman–Crippen MR) is 125 cm³/mol. The molecule has 0 unspecified atom stereocenters. The molecule has 8 heteroatoms. The molecular weight excluding hydrogens is 460 g/mol. The van der Waals surface area contributed by atoms with Crippen LogP contribution in [0.1, 0.15) is 16.7 Å². The van der Waals surface area contributed by atoms with Crippen molar-refractivity contribution < 1.29 is 4.79 Å². The average Bonchev–Trinajstić information content (AvgIpc) is 2.72. The van der Waals surface area contributed by atoms with E-state index in [1.54, 1.807) is 17.1 Å². The van der Waals surface area contributed by atoms with E-state index in [4.69, 9.17) is 0 Å². The molecule has 1 heterocycles. The van der Waals surface area contributed by atoms with E-state index in [0.717, 1.165) is 21.2 Å². The number of carbonyl (C=O) groups is 1. The first-order valence-electron chi connectivity index (χ1n) is 9.63. The Morgan fingerprint density at radius 2 is 1.58 bits per heavy atom. The van der Waals surface area contributed by atoms with Gasteiger partial charge < -0.3 is 20.2 Å². The summed E-state index contributed by atoms with van der Waals surface area (Å²) in [6.07, 6.45) is 3.23. The SMILES string of the molecule is CN(C)CC(=O)NCc1ccc(C=c2[nH]c(=O)c(=Cc3ccccc3Br)[nH]c2=O)cc1. The fraction of sp³-hybridized carbons (Fsp3) is 0.174. The Kier molecular flexibility index (Phi) is 7.38. The molecule has 3 rings (SSSR count). The maximum absolute atomic E-state index is 12.5. The largest absolute Gasteiger partial charge is 0.351 e. The van der Waals surface area contributed by atoms with Crippen LogP contribution in [0.5, 0.6) is 0 Å². The molecule has 160 valence electrons. The molecule has 0 bridgehead atoms. The molecule has 0 aliphatic rings. The lowest BCUT2D eigenvalue weighted by Gasteiger charge is -2.10. The van der Waals surface area contributed by atoms with Crippen molar-refractivity contribution >= 4 is 34.0 Å². The highest BCUT2D eigenvalue weighted by atomic mass is 79.9. The summed E-state index contributed by atoms with van der Waals surface area (Å²) in [4.78, 5) is 43.7. The van der Waals surface area contributed by atoms with Crippen molar-refractivity contribution in [3.8, 4) is 0 Å². The number of amides is 1. The second kappa shape index (κ2) is 10.2. The van der Waals surface area contributed by atoms with Gasteiger partial charge in [0.25, 0.3) is 11.1 Å². The molecule has 0 aliphatic heterocycles. The fourth-order valence-corrected chi connectivity index (χ4v) is 3.29. The van der Waals surface area contributed by atoms with Crippen LogP contribution in [0, 0.1) is 0 Å². The minimum absolute atomic E-state index is 0.0517. The molecule has 0 saturated carbocycles. The van der Waals surface area contributed by atoms with Crippen LogP contribution in [-0.4, -0.2) is 41.4 Å². The molecule has 0 radical (unpaired) electrons. The third kappa shape index (κ3) is 6.37. The van der Waals surface area contributed by atoms with Gasteiger partial charge in [-0.3, -0.25) is 14.4 Å². The van der Waals surface area contributed by atoms with Crippen molar-refractivity contribution in [1.82, 2.24) is 20.2 Å². The number of nitrogens with one attached hydrogen (secondary N) is 3. The number of H-pyrrole nitrogens is 2. The summed E-state index contributed by atoms with van der Waals surface area (Å²) in [5.74, 6) is -0.0517. The summed E-state index contributed by atoms with van der Waals surface area (Å²) >= 11 is 3.42. The van der Waals surface area contributed by atoms with Gasteiger partial charge in [0, 0.05) is 11.0 Å². The van der Waals surface area contributed by atoms with Crippen molar-refractivity contribution in [2.45, 2.75) is 6.54 Å². The standard InChI is InChI=1S/C23H23BrN4O3/c1-28(2)14-21(29)25-13-16-9-7-15(8-10-16)11-19-22(30)27-20(23(31)26-19)12-17-5-3-4-6-18(17)24/h3-12H,13-14H2,1-2H3,(H,25,29)(H,26,31)(H,27,30). The molecule has 3 aromatic rings. The predicted octanol–water partition coefficient (Wildman–Crippen LogP) is 0.661. The van der Waals surface area contributed by atoms with Crippen LogP contribution in [0.25, 0.3) is 12.2 Å². The summed E-state index contributed by atoms with van der Waals surface area (Å²) in [5, 5.41) is 3.19. The van der Waals surface area contributed by atoms with Gasteiger partial charge in [0.2, 0.25) is 5.91 Å². The summed E-state index contributed by atoms with van der Waals surface area (Å²) in [6.45, 7) is 0.751. The lowest BCUT2D eigenvalue weighted by molar-refractivity contribution is -0.121. The summed E-state index contributed by atoms with van der Waals surface area (Å²) in [6, 6.07) is 14.8. The number of hydrogen-bond donors (Lipinski definition) is 3. The molecule has 31 heavy (non-hydrogen) atoms. The Bertz CT molecular complexity index is 1310.